The maximum Gasteiger partial charge on any atom is 0.0202 e. The highest BCUT2D eigenvalue weighted by atomic mass is 79.9. The van der Waals surface area contributed by atoms with Crippen molar-refractivity contribution in [3.63, 3.8) is 0 Å². The van der Waals surface area contributed by atoms with E-state index in [-0.39, 0.29) is 0 Å². The van der Waals surface area contributed by atoms with Gasteiger partial charge in [0.25, 0.3) is 0 Å². The summed E-state index contributed by atoms with van der Waals surface area (Å²) in [4.78, 5) is 0.847. The fraction of sp³-hybridized carbons (Fsp3) is 1.00. The van der Waals surface area contributed by atoms with E-state index in [9.17, 15) is 0 Å². The molecule has 0 aromatic carbocycles. The molecule has 0 amide bonds. The van der Waals surface area contributed by atoms with Crippen LogP contribution in [0.3, 0.4) is 0 Å². The smallest absolute Gasteiger partial charge is 0.0202 e. The van der Waals surface area contributed by atoms with Gasteiger partial charge in [0, 0.05) is 4.83 Å². The van der Waals surface area contributed by atoms with Crippen LogP contribution >= 0.6 is 15.9 Å². The van der Waals surface area contributed by atoms with Crippen molar-refractivity contribution in [1.29, 1.82) is 0 Å². The summed E-state index contributed by atoms with van der Waals surface area (Å²) in [5.41, 5.74) is 0. The lowest BCUT2D eigenvalue weighted by atomic mass is 9.65. The third-order valence-corrected chi connectivity index (χ3v) is 5.09. The van der Waals surface area contributed by atoms with Crippen molar-refractivity contribution in [2.75, 3.05) is 0 Å². The van der Waals surface area contributed by atoms with E-state index in [4.69, 9.17) is 0 Å². The van der Waals surface area contributed by atoms with Crippen LogP contribution in [0.2, 0.25) is 0 Å². The summed E-state index contributed by atoms with van der Waals surface area (Å²) in [5, 5.41) is 0. The molecule has 1 heteroatoms. The first kappa shape index (κ1) is 7.15. The third kappa shape index (κ3) is 0.939. The van der Waals surface area contributed by atoms with Crippen LogP contribution in [0, 0.1) is 17.8 Å². The van der Waals surface area contributed by atoms with Crippen molar-refractivity contribution in [1.82, 2.24) is 0 Å². The molecule has 0 heterocycles. The first-order valence-corrected chi connectivity index (χ1v) is 5.34. The predicted octanol–water partition coefficient (Wildman–Crippen LogP) is 3.21. The van der Waals surface area contributed by atoms with Crippen molar-refractivity contribution in [2.24, 2.45) is 17.8 Å². The standard InChI is InChI=1S/C9H15Br/c1-6-7-2-4-8(5-3-7)9(6)10/h6-9H,2-5H2,1H3. The summed E-state index contributed by atoms with van der Waals surface area (Å²) >= 11 is 3.81. The molecule has 0 aromatic heterocycles. The molecule has 0 aromatic rings. The Morgan fingerprint density at radius 3 is 1.80 bits per heavy atom. The van der Waals surface area contributed by atoms with Crippen LogP contribution in [0.5, 0.6) is 0 Å². The van der Waals surface area contributed by atoms with Gasteiger partial charge in [-0.3, -0.25) is 0 Å². The van der Waals surface area contributed by atoms with Crippen LogP contribution in [0.15, 0.2) is 0 Å². The fourth-order valence-electron chi connectivity index (χ4n) is 2.68. The highest BCUT2D eigenvalue weighted by Crippen LogP contribution is 2.47. The second-order valence-corrected chi connectivity index (χ2v) is 5.04. The molecule has 0 nitrogen and oxygen atoms in total. The van der Waals surface area contributed by atoms with Crippen LogP contribution in [0.1, 0.15) is 32.6 Å². The van der Waals surface area contributed by atoms with Crippen molar-refractivity contribution in [3.05, 3.63) is 0 Å². The zero-order chi connectivity index (χ0) is 7.14. The second-order valence-electron chi connectivity index (χ2n) is 3.98. The summed E-state index contributed by atoms with van der Waals surface area (Å²) < 4.78 is 0. The van der Waals surface area contributed by atoms with E-state index in [0.717, 1.165) is 22.6 Å². The Labute approximate surface area is 71.5 Å². The second kappa shape index (κ2) is 2.51. The average molecular weight is 203 g/mol. The van der Waals surface area contributed by atoms with E-state index in [1.54, 1.807) is 0 Å². The van der Waals surface area contributed by atoms with E-state index < -0.39 is 0 Å². The monoisotopic (exact) mass is 202 g/mol. The fourth-order valence-corrected chi connectivity index (χ4v) is 3.64. The third-order valence-electron chi connectivity index (χ3n) is 3.51. The molecule has 0 saturated heterocycles. The molecule has 58 valence electrons. The highest BCUT2D eigenvalue weighted by molar-refractivity contribution is 9.09. The van der Waals surface area contributed by atoms with Crippen LogP contribution in [0.25, 0.3) is 0 Å². The lowest BCUT2D eigenvalue weighted by Crippen LogP contribution is -2.38. The summed E-state index contributed by atoms with van der Waals surface area (Å²) in [5.74, 6) is 3.02. The van der Waals surface area contributed by atoms with E-state index in [1.807, 2.05) is 0 Å². The largest absolute Gasteiger partial charge is 0.0885 e. The Kier molecular flexibility index (Phi) is 1.79. The number of halogens is 1. The number of alkyl halides is 1. The zero-order valence-corrected chi connectivity index (χ0v) is 8.10. The van der Waals surface area contributed by atoms with Crippen molar-refractivity contribution in [2.45, 2.75) is 37.4 Å². The molecule has 2 bridgehead atoms. The topological polar surface area (TPSA) is 0 Å². The normalized spacial score (nSPS) is 53.4. The Hall–Kier alpha value is 0.480. The molecule has 0 aliphatic heterocycles. The molecule has 3 fully saturated rings. The molecule has 2 unspecified atom stereocenters. The van der Waals surface area contributed by atoms with Crippen LogP contribution in [-0.4, -0.2) is 4.83 Å². The van der Waals surface area contributed by atoms with Crippen molar-refractivity contribution in [3.8, 4) is 0 Å². The van der Waals surface area contributed by atoms with Gasteiger partial charge in [-0.25, -0.2) is 0 Å². The number of hydrogen-bond acceptors (Lipinski definition) is 0. The molecule has 2 atom stereocenters. The molecule has 0 spiro atoms. The van der Waals surface area contributed by atoms with E-state index in [1.165, 1.54) is 25.7 Å². The van der Waals surface area contributed by atoms with Gasteiger partial charge in [-0.05, 0) is 43.4 Å². The first-order chi connectivity index (χ1) is 4.79. The van der Waals surface area contributed by atoms with Gasteiger partial charge in [-0.1, -0.05) is 22.9 Å². The number of rotatable bonds is 0. The molecule has 3 rings (SSSR count). The number of hydrogen-bond donors (Lipinski definition) is 0. The van der Waals surface area contributed by atoms with Gasteiger partial charge in [0.2, 0.25) is 0 Å². The Morgan fingerprint density at radius 2 is 1.50 bits per heavy atom. The van der Waals surface area contributed by atoms with Gasteiger partial charge in [0.05, 0.1) is 0 Å². The molecular formula is C9H15Br. The summed E-state index contributed by atoms with van der Waals surface area (Å²) in [7, 11) is 0. The minimum absolute atomic E-state index is 0.847. The lowest BCUT2D eigenvalue weighted by Gasteiger charge is -2.44. The molecule has 3 aliphatic carbocycles. The van der Waals surface area contributed by atoms with Gasteiger partial charge < -0.3 is 0 Å². The molecule has 0 radical (unpaired) electrons. The lowest BCUT2D eigenvalue weighted by molar-refractivity contribution is 0.123. The summed E-state index contributed by atoms with van der Waals surface area (Å²) in [6.07, 6.45) is 6.00. The van der Waals surface area contributed by atoms with Crippen LogP contribution in [-0.2, 0) is 0 Å². The Bertz CT molecular complexity index is 105. The van der Waals surface area contributed by atoms with Crippen LogP contribution < -0.4 is 0 Å². The SMILES string of the molecule is CC1C2CCC(CC2)C1Br. The minimum Gasteiger partial charge on any atom is -0.0885 e. The first-order valence-electron chi connectivity index (χ1n) is 4.43. The van der Waals surface area contributed by atoms with E-state index in [2.05, 4.69) is 22.9 Å². The minimum atomic E-state index is 0.847. The van der Waals surface area contributed by atoms with Crippen molar-refractivity contribution >= 4 is 15.9 Å². The van der Waals surface area contributed by atoms with E-state index in [0.29, 0.717) is 0 Å². The van der Waals surface area contributed by atoms with Crippen LogP contribution in [0.4, 0.5) is 0 Å². The summed E-state index contributed by atoms with van der Waals surface area (Å²) in [6, 6.07) is 0. The van der Waals surface area contributed by atoms with Gasteiger partial charge >= 0.3 is 0 Å². The Balaban J connectivity index is 2.13. The average Bonchev–Trinajstić information content (AvgIpc) is 2.00. The van der Waals surface area contributed by atoms with E-state index >= 15 is 0 Å². The zero-order valence-electron chi connectivity index (χ0n) is 6.52. The molecule has 3 saturated carbocycles. The van der Waals surface area contributed by atoms with Gasteiger partial charge in [-0.15, -0.1) is 0 Å². The molecule has 3 aliphatic rings. The maximum absolute atomic E-state index is 3.81. The summed E-state index contributed by atoms with van der Waals surface area (Å²) in [6.45, 7) is 2.41. The predicted molar refractivity (Wildman–Crippen MR) is 47.3 cm³/mol. The number of fused-ring (bicyclic) bond motifs is 3. The maximum atomic E-state index is 3.81. The van der Waals surface area contributed by atoms with Crippen molar-refractivity contribution < 1.29 is 0 Å². The van der Waals surface area contributed by atoms with Gasteiger partial charge in [-0.2, -0.15) is 0 Å². The Morgan fingerprint density at radius 1 is 1.00 bits per heavy atom. The molecule has 10 heavy (non-hydrogen) atoms. The quantitative estimate of drug-likeness (QED) is 0.530. The van der Waals surface area contributed by atoms with Gasteiger partial charge in [0.15, 0.2) is 0 Å². The van der Waals surface area contributed by atoms with Gasteiger partial charge in [0.1, 0.15) is 0 Å². The molecular weight excluding hydrogens is 188 g/mol. The molecule has 0 N–H and O–H groups in total. The highest BCUT2D eigenvalue weighted by Gasteiger charge is 2.39.